The first kappa shape index (κ1) is 13.2. The molecule has 0 aromatic carbocycles. The molecule has 0 spiro atoms. The molecule has 6 nitrogen and oxygen atoms in total. The normalized spacial score (nSPS) is 9.76. The minimum atomic E-state index is -0.534. The number of nitrogens with one attached hydrogen (secondary N) is 2. The summed E-state index contributed by atoms with van der Waals surface area (Å²) in [5, 5.41) is 5.13. The van der Waals surface area contributed by atoms with Crippen molar-refractivity contribution in [2.45, 2.75) is 6.92 Å². The average molecular weight is 257 g/mol. The second-order valence-corrected chi connectivity index (χ2v) is 3.61. The number of hydrogen-bond acceptors (Lipinski definition) is 4. The minimum absolute atomic E-state index is 0.0102. The molecule has 0 saturated heterocycles. The highest BCUT2D eigenvalue weighted by Gasteiger charge is 2.13. The van der Waals surface area contributed by atoms with Crippen LogP contribution in [0.3, 0.4) is 0 Å². The van der Waals surface area contributed by atoms with E-state index < -0.39 is 5.91 Å². The lowest BCUT2D eigenvalue weighted by molar-refractivity contribution is -0.120. The van der Waals surface area contributed by atoms with Gasteiger partial charge in [0.25, 0.3) is 5.91 Å². The van der Waals surface area contributed by atoms with E-state index in [4.69, 9.17) is 17.3 Å². The van der Waals surface area contributed by atoms with Crippen molar-refractivity contribution in [3.63, 3.8) is 0 Å². The minimum Gasteiger partial charge on any atom is -0.384 e. The maximum atomic E-state index is 11.6. The molecule has 0 aliphatic carbocycles. The van der Waals surface area contributed by atoms with Gasteiger partial charge in [0.05, 0.1) is 11.6 Å². The van der Waals surface area contributed by atoms with Crippen molar-refractivity contribution in [2.24, 2.45) is 0 Å². The van der Waals surface area contributed by atoms with Gasteiger partial charge in [-0.25, -0.2) is 4.98 Å². The summed E-state index contributed by atoms with van der Waals surface area (Å²) in [4.78, 5) is 26.6. The fraction of sp³-hybridized carbons (Fsp3) is 0.300. The first-order chi connectivity index (χ1) is 8.04. The lowest BCUT2D eigenvalue weighted by Crippen LogP contribution is -2.37. The van der Waals surface area contributed by atoms with Crippen molar-refractivity contribution in [1.29, 1.82) is 0 Å². The number of nitrogens with two attached hydrogens (primary N) is 1. The van der Waals surface area contributed by atoms with E-state index in [1.165, 1.54) is 12.1 Å². The maximum absolute atomic E-state index is 11.6. The number of anilines is 1. The van der Waals surface area contributed by atoms with Crippen LogP contribution < -0.4 is 16.4 Å². The van der Waals surface area contributed by atoms with Gasteiger partial charge in [0.2, 0.25) is 5.91 Å². The number of likely N-dealkylation sites (N-methyl/N-ethyl adjacent to an activating group) is 1. The van der Waals surface area contributed by atoms with Crippen LogP contribution in [0, 0.1) is 0 Å². The van der Waals surface area contributed by atoms with Crippen LogP contribution in [0.1, 0.15) is 17.4 Å². The van der Waals surface area contributed by atoms with Crippen molar-refractivity contribution in [3.05, 3.63) is 22.8 Å². The molecule has 0 fully saturated rings. The zero-order valence-corrected chi connectivity index (χ0v) is 10.0. The van der Waals surface area contributed by atoms with Crippen molar-refractivity contribution in [2.75, 3.05) is 18.8 Å². The zero-order valence-electron chi connectivity index (χ0n) is 9.29. The Bertz CT molecular complexity index is 436. The summed E-state index contributed by atoms with van der Waals surface area (Å²) in [5.74, 6) is -0.619. The van der Waals surface area contributed by atoms with Crippen LogP contribution in [0.15, 0.2) is 12.1 Å². The highest BCUT2D eigenvalue weighted by Crippen LogP contribution is 2.14. The molecule has 1 aromatic rings. The maximum Gasteiger partial charge on any atom is 0.271 e. The number of rotatable bonds is 4. The summed E-state index contributed by atoms with van der Waals surface area (Å²) < 4.78 is 0. The van der Waals surface area contributed by atoms with Crippen molar-refractivity contribution in [1.82, 2.24) is 15.6 Å². The molecule has 0 unspecified atom stereocenters. The molecule has 17 heavy (non-hydrogen) atoms. The summed E-state index contributed by atoms with van der Waals surface area (Å²) in [6.07, 6.45) is 0. The Hall–Kier alpha value is -1.82. The highest BCUT2D eigenvalue weighted by molar-refractivity contribution is 6.33. The third kappa shape index (κ3) is 3.92. The van der Waals surface area contributed by atoms with Gasteiger partial charge >= 0.3 is 0 Å². The molecule has 0 atom stereocenters. The van der Waals surface area contributed by atoms with E-state index in [1.807, 2.05) is 0 Å². The number of halogens is 1. The molecule has 7 heteroatoms. The van der Waals surface area contributed by atoms with Gasteiger partial charge in [-0.2, -0.15) is 0 Å². The smallest absolute Gasteiger partial charge is 0.271 e. The number of pyridine rings is 1. The SMILES string of the molecule is CCNC(=O)CNC(=O)c1nc(N)ccc1Cl. The molecule has 1 rings (SSSR count). The summed E-state index contributed by atoms with van der Waals surface area (Å²) in [7, 11) is 0. The standard InChI is InChI=1S/C10H13ClN4O2/c1-2-13-8(16)5-14-10(17)9-6(11)3-4-7(12)15-9/h3-4H,2,5H2,1H3,(H2,12,15)(H,13,16)(H,14,17). The first-order valence-electron chi connectivity index (χ1n) is 5.01. The largest absolute Gasteiger partial charge is 0.384 e. The van der Waals surface area contributed by atoms with Gasteiger partial charge in [-0.1, -0.05) is 11.6 Å². The lowest BCUT2D eigenvalue weighted by Gasteiger charge is -2.06. The average Bonchev–Trinajstić information content (AvgIpc) is 2.29. The van der Waals surface area contributed by atoms with Gasteiger partial charge in [-0.15, -0.1) is 0 Å². The number of carbonyl (C=O) groups is 2. The molecule has 0 bridgehead atoms. The van der Waals surface area contributed by atoms with E-state index in [1.54, 1.807) is 6.92 Å². The molecule has 0 saturated carbocycles. The molecular formula is C10H13ClN4O2. The van der Waals surface area contributed by atoms with Gasteiger partial charge in [-0.3, -0.25) is 9.59 Å². The number of aromatic nitrogens is 1. The van der Waals surface area contributed by atoms with E-state index in [2.05, 4.69) is 15.6 Å². The Kier molecular flexibility index (Phi) is 4.71. The molecule has 0 aliphatic rings. The Morgan fingerprint density at radius 2 is 2.12 bits per heavy atom. The summed E-state index contributed by atoms with van der Waals surface area (Å²) in [6, 6.07) is 2.97. The van der Waals surface area contributed by atoms with Gasteiger partial charge in [0, 0.05) is 6.54 Å². The molecule has 0 radical (unpaired) electrons. The van der Waals surface area contributed by atoms with Crippen molar-refractivity contribution < 1.29 is 9.59 Å². The first-order valence-corrected chi connectivity index (χ1v) is 5.39. The second kappa shape index (κ2) is 6.05. The van der Waals surface area contributed by atoms with Crippen LogP contribution in [-0.4, -0.2) is 29.9 Å². The second-order valence-electron chi connectivity index (χ2n) is 3.20. The number of nitrogen functional groups attached to an aromatic ring is 1. The van der Waals surface area contributed by atoms with Crippen LogP contribution in [0.4, 0.5) is 5.82 Å². The van der Waals surface area contributed by atoms with E-state index in [-0.39, 0.29) is 29.0 Å². The Balaban J connectivity index is 2.64. The van der Waals surface area contributed by atoms with Crippen LogP contribution in [0.5, 0.6) is 0 Å². The van der Waals surface area contributed by atoms with E-state index in [0.717, 1.165) is 0 Å². The highest BCUT2D eigenvalue weighted by atomic mass is 35.5. The molecule has 92 valence electrons. The van der Waals surface area contributed by atoms with E-state index >= 15 is 0 Å². The fourth-order valence-electron chi connectivity index (χ4n) is 1.12. The summed E-state index contributed by atoms with van der Waals surface area (Å²) >= 11 is 5.79. The molecule has 0 aliphatic heterocycles. The molecule has 1 heterocycles. The summed E-state index contributed by atoms with van der Waals surface area (Å²) in [6.45, 7) is 2.17. The predicted octanol–water partition coefficient (Wildman–Crippen LogP) is 0.183. The van der Waals surface area contributed by atoms with Crippen molar-refractivity contribution >= 4 is 29.2 Å². The summed E-state index contributed by atoms with van der Waals surface area (Å²) in [5.41, 5.74) is 5.45. The van der Waals surface area contributed by atoms with Crippen LogP contribution in [0.2, 0.25) is 5.02 Å². The van der Waals surface area contributed by atoms with E-state index in [0.29, 0.717) is 6.54 Å². The van der Waals surface area contributed by atoms with Crippen LogP contribution in [-0.2, 0) is 4.79 Å². The third-order valence-corrected chi connectivity index (χ3v) is 2.17. The third-order valence-electron chi connectivity index (χ3n) is 1.87. The van der Waals surface area contributed by atoms with Crippen LogP contribution >= 0.6 is 11.6 Å². The lowest BCUT2D eigenvalue weighted by atomic mass is 10.3. The Morgan fingerprint density at radius 1 is 1.41 bits per heavy atom. The molecular weight excluding hydrogens is 244 g/mol. The van der Waals surface area contributed by atoms with Gasteiger partial charge in [-0.05, 0) is 19.1 Å². The van der Waals surface area contributed by atoms with Gasteiger partial charge in [0.15, 0.2) is 0 Å². The quantitative estimate of drug-likeness (QED) is 0.716. The fourth-order valence-corrected chi connectivity index (χ4v) is 1.31. The predicted molar refractivity (Wildman–Crippen MR) is 64.7 cm³/mol. The Morgan fingerprint density at radius 3 is 2.76 bits per heavy atom. The number of carbonyl (C=O) groups excluding carboxylic acids is 2. The van der Waals surface area contributed by atoms with Gasteiger partial charge in [0.1, 0.15) is 11.5 Å². The monoisotopic (exact) mass is 256 g/mol. The number of nitrogens with zero attached hydrogens (tertiary/aromatic N) is 1. The topological polar surface area (TPSA) is 97.1 Å². The zero-order chi connectivity index (χ0) is 12.8. The van der Waals surface area contributed by atoms with Gasteiger partial charge < -0.3 is 16.4 Å². The number of amides is 2. The molecule has 1 aromatic heterocycles. The number of hydrogen-bond donors (Lipinski definition) is 3. The molecule has 4 N–H and O–H groups in total. The van der Waals surface area contributed by atoms with E-state index in [9.17, 15) is 9.59 Å². The Labute approximate surface area is 104 Å². The van der Waals surface area contributed by atoms with Crippen LogP contribution in [0.25, 0.3) is 0 Å². The molecule has 2 amide bonds. The van der Waals surface area contributed by atoms with Crippen molar-refractivity contribution in [3.8, 4) is 0 Å².